The molecule has 0 saturated carbocycles. The third kappa shape index (κ3) is 4.93. The minimum absolute atomic E-state index is 0.00575. The summed E-state index contributed by atoms with van der Waals surface area (Å²) in [6, 6.07) is 17.9. The van der Waals surface area contributed by atoms with Gasteiger partial charge in [0, 0.05) is 32.2 Å². The minimum Gasteiger partial charge on any atom is -0.419 e. The van der Waals surface area contributed by atoms with Gasteiger partial charge >= 0.3 is 0 Å². The molecule has 2 atom stereocenters. The molecule has 1 aliphatic heterocycles. The lowest BCUT2D eigenvalue weighted by atomic mass is 10.2. The van der Waals surface area contributed by atoms with E-state index in [4.69, 9.17) is 9.15 Å². The van der Waals surface area contributed by atoms with Crippen LogP contribution >= 0.6 is 0 Å². The van der Waals surface area contributed by atoms with Gasteiger partial charge in [-0.2, -0.15) is 14.6 Å². The molecule has 4 rings (SSSR count). The largest absolute Gasteiger partial charge is 0.419 e. The zero-order chi connectivity index (χ0) is 23.6. The van der Waals surface area contributed by atoms with Crippen LogP contribution in [0.5, 0.6) is 0 Å². The third-order valence-electron chi connectivity index (χ3n) is 5.48. The Morgan fingerprint density at radius 2 is 1.73 bits per heavy atom. The predicted octanol–water partition coefficient (Wildman–Crippen LogP) is 3.65. The second-order valence-corrected chi connectivity index (χ2v) is 10.3. The molecule has 1 aromatic heterocycles. The molecule has 0 unspecified atom stereocenters. The number of rotatable bonds is 6. The van der Waals surface area contributed by atoms with Crippen molar-refractivity contribution in [3.05, 3.63) is 65.9 Å². The summed E-state index contributed by atoms with van der Waals surface area (Å²) in [5.74, 6) is 0.684. The summed E-state index contributed by atoms with van der Waals surface area (Å²) in [4.78, 5) is 6.47. The average Bonchev–Trinajstić information content (AvgIpc) is 3.24. The predicted molar refractivity (Wildman–Crippen MR) is 124 cm³/mol. The molecule has 9 heteroatoms. The molecule has 0 bridgehead atoms. The van der Waals surface area contributed by atoms with Crippen LogP contribution in [0.3, 0.4) is 0 Å². The van der Waals surface area contributed by atoms with Crippen LogP contribution in [0.25, 0.3) is 11.5 Å². The maximum Gasteiger partial charge on any atom is 0.243 e. The summed E-state index contributed by atoms with van der Waals surface area (Å²) < 4.78 is 39.0. The molecule has 1 saturated heterocycles. The first kappa shape index (κ1) is 23.0. The summed E-state index contributed by atoms with van der Waals surface area (Å²) in [6.45, 7) is 5.41. The fraction of sp³-hybridized carbons (Fsp3) is 0.333. The lowest BCUT2D eigenvalue weighted by molar-refractivity contribution is -0.00638. The van der Waals surface area contributed by atoms with E-state index in [9.17, 15) is 13.7 Å². The maximum absolute atomic E-state index is 13.0. The number of hydrogen-bond donors (Lipinski definition) is 0. The van der Waals surface area contributed by atoms with Gasteiger partial charge in [-0.25, -0.2) is 8.42 Å². The van der Waals surface area contributed by atoms with E-state index in [-0.39, 0.29) is 35.2 Å². The zero-order valence-corrected chi connectivity index (χ0v) is 19.6. The van der Waals surface area contributed by atoms with Crippen molar-refractivity contribution >= 4 is 15.9 Å². The lowest BCUT2D eigenvalue weighted by Gasteiger charge is -2.34. The fourth-order valence-electron chi connectivity index (χ4n) is 3.94. The van der Waals surface area contributed by atoms with Crippen LogP contribution in [0.1, 0.15) is 25.1 Å². The Balaban J connectivity index is 1.56. The summed E-state index contributed by atoms with van der Waals surface area (Å²) in [6.07, 6.45) is 0.0115. The van der Waals surface area contributed by atoms with Gasteiger partial charge < -0.3 is 14.1 Å². The van der Waals surface area contributed by atoms with Gasteiger partial charge in [0.05, 0.1) is 17.1 Å². The van der Waals surface area contributed by atoms with Crippen LogP contribution in [0.15, 0.2) is 63.9 Å². The Hall–Kier alpha value is -3.19. The molecule has 3 aromatic rings. The highest BCUT2D eigenvalue weighted by atomic mass is 32.2. The molecule has 0 spiro atoms. The van der Waals surface area contributed by atoms with Crippen molar-refractivity contribution in [3.63, 3.8) is 0 Å². The maximum atomic E-state index is 13.0. The number of hydrogen-bond acceptors (Lipinski definition) is 7. The molecule has 8 nitrogen and oxygen atoms in total. The first-order chi connectivity index (χ1) is 15.8. The van der Waals surface area contributed by atoms with Gasteiger partial charge in [-0.15, -0.1) is 0 Å². The van der Waals surface area contributed by atoms with Crippen LogP contribution in [0.4, 0.5) is 5.88 Å². The molecule has 0 N–H and O–H groups in total. The van der Waals surface area contributed by atoms with E-state index in [1.807, 2.05) is 49.1 Å². The van der Waals surface area contributed by atoms with Crippen LogP contribution in [0, 0.1) is 11.3 Å². The first-order valence-electron chi connectivity index (χ1n) is 10.7. The lowest BCUT2D eigenvalue weighted by Crippen LogP contribution is -2.45. The van der Waals surface area contributed by atoms with Crippen molar-refractivity contribution in [1.82, 2.24) is 9.29 Å². The third-order valence-corrected chi connectivity index (χ3v) is 7.30. The number of anilines is 1. The number of aromatic nitrogens is 1. The number of nitrogens with zero attached hydrogens (tertiary/aromatic N) is 4. The van der Waals surface area contributed by atoms with Gasteiger partial charge in [0.15, 0.2) is 0 Å². The SMILES string of the molecule is C[C@@H]1CN(c2oc(-c3ccc(S(=O)(=O)N(C)Cc4ccccc4)cc3)nc2C#N)C[C@@H](C)O1. The molecule has 1 fully saturated rings. The Kier molecular flexibility index (Phi) is 6.51. The number of ether oxygens (including phenoxy) is 1. The summed E-state index contributed by atoms with van der Waals surface area (Å²) >= 11 is 0. The van der Waals surface area contributed by atoms with E-state index < -0.39 is 10.0 Å². The van der Waals surface area contributed by atoms with Crippen LogP contribution in [0.2, 0.25) is 0 Å². The van der Waals surface area contributed by atoms with Gasteiger partial charge in [-0.3, -0.25) is 0 Å². The number of morpholine rings is 1. The summed E-state index contributed by atoms with van der Waals surface area (Å²) in [7, 11) is -2.11. The molecule has 0 amide bonds. The van der Waals surface area contributed by atoms with Gasteiger partial charge in [-0.05, 0) is 43.7 Å². The van der Waals surface area contributed by atoms with E-state index in [0.717, 1.165) is 5.56 Å². The highest BCUT2D eigenvalue weighted by Gasteiger charge is 2.28. The van der Waals surface area contributed by atoms with Crippen LogP contribution in [-0.2, 0) is 21.3 Å². The Morgan fingerprint density at radius 1 is 1.09 bits per heavy atom. The molecule has 0 radical (unpaired) electrons. The molecule has 33 heavy (non-hydrogen) atoms. The highest BCUT2D eigenvalue weighted by Crippen LogP contribution is 2.31. The van der Waals surface area contributed by atoms with Crippen molar-refractivity contribution in [2.75, 3.05) is 25.0 Å². The Morgan fingerprint density at radius 3 is 2.33 bits per heavy atom. The first-order valence-corrected chi connectivity index (χ1v) is 12.1. The van der Waals surface area contributed by atoms with Gasteiger partial charge in [-0.1, -0.05) is 30.3 Å². The van der Waals surface area contributed by atoms with Crippen molar-refractivity contribution in [2.24, 2.45) is 0 Å². The second-order valence-electron chi connectivity index (χ2n) is 8.22. The Bertz CT molecular complexity index is 1240. The number of oxazole rings is 1. The summed E-state index contributed by atoms with van der Waals surface area (Å²) in [5, 5.41) is 9.56. The zero-order valence-electron chi connectivity index (χ0n) is 18.8. The molecule has 0 aliphatic carbocycles. The summed E-state index contributed by atoms with van der Waals surface area (Å²) in [5.41, 5.74) is 1.70. The normalized spacial score (nSPS) is 18.9. The molecule has 2 heterocycles. The van der Waals surface area contributed by atoms with E-state index in [1.165, 1.54) is 16.4 Å². The van der Waals surface area contributed by atoms with E-state index in [2.05, 4.69) is 11.1 Å². The fourth-order valence-corrected chi connectivity index (χ4v) is 5.10. The minimum atomic E-state index is -3.67. The van der Waals surface area contributed by atoms with Gasteiger partial charge in [0.1, 0.15) is 6.07 Å². The number of sulfonamides is 1. The van der Waals surface area contributed by atoms with Crippen molar-refractivity contribution in [2.45, 2.75) is 37.5 Å². The monoisotopic (exact) mass is 466 g/mol. The van der Waals surface area contributed by atoms with E-state index >= 15 is 0 Å². The molecule has 1 aliphatic rings. The van der Waals surface area contributed by atoms with Crippen molar-refractivity contribution in [1.29, 1.82) is 5.26 Å². The molecular weight excluding hydrogens is 440 g/mol. The molecular formula is C24H26N4O4S. The van der Waals surface area contributed by atoms with Gasteiger partial charge in [0.2, 0.25) is 27.5 Å². The molecule has 2 aromatic carbocycles. The average molecular weight is 467 g/mol. The standard InChI is InChI=1S/C24H26N4O4S/c1-17-14-28(15-18(2)31-17)24-22(13-25)26-23(32-24)20-9-11-21(12-10-20)33(29,30)27(3)16-19-7-5-4-6-8-19/h4-12,17-18H,14-16H2,1-3H3/t17-,18-/m1/s1. The van der Waals surface area contributed by atoms with E-state index in [1.54, 1.807) is 19.2 Å². The van der Waals surface area contributed by atoms with Crippen molar-refractivity contribution in [3.8, 4) is 17.5 Å². The quantitative estimate of drug-likeness (QED) is 0.547. The smallest absolute Gasteiger partial charge is 0.243 e. The van der Waals surface area contributed by atoms with Crippen LogP contribution < -0.4 is 4.90 Å². The topological polar surface area (TPSA) is 99.7 Å². The number of nitriles is 1. The van der Waals surface area contributed by atoms with E-state index in [0.29, 0.717) is 24.5 Å². The number of benzene rings is 2. The van der Waals surface area contributed by atoms with Gasteiger partial charge in [0.25, 0.3) is 0 Å². The molecule has 172 valence electrons. The van der Waals surface area contributed by atoms with Crippen LogP contribution in [-0.4, -0.2) is 50.1 Å². The Labute approximate surface area is 194 Å². The second kappa shape index (κ2) is 9.35. The highest BCUT2D eigenvalue weighted by molar-refractivity contribution is 7.89. The van der Waals surface area contributed by atoms with Crippen molar-refractivity contribution < 1.29 is 17.6 Å².